The molecule has 0 aliphatic heterocycles. The van der Waals surface area contributed by atoms with Crippen LogP contribution in [0.25, 0.3) is 0 Å². The first-order chi connectivity index (χ1) is 10.3. The highest BCUT2D eigenvalue weighted by Crippen LogP contribution is 2.26. The normalized spacial score (nSPS) is 12.1. The molecule has 0 amide bonds. The average Bonchev–Trinajstić information content (AvgIpc) is 2.55. The molecule has 0 spiro atoms. The van der Waals surface area contributed by atoms with Crippen molar-refractivity contribution in [1.29, 1.82) is 0 Å². The molecule has 1 unspecified atom stereocenters. The van der Waals surface area contributed by atoms with E-state index in [1.165, 1.54) is 5.56 Å². The fourth-order valence-electron chi connectivity index (χ4n) is 2.61. The summed E-state index contributed by atoms with van der Waals surface area (Å²) in [7, 11) is 1.68. The molecule has 0 fully saturated rings. The van der Waals surface area contributed by atoms with Crippen molar-refractivity contribution in [2.75, 3.05) is 13.7 Å². The van der Waals surface area contributed by atoms with E-state index < -0.39 is 0 Å². The van der Waals surface area contributed by atoms with Gasteiger partial charge in [0.15, 0.2) is 0 Å². The molecule has 3 nitrogen and oxygen atoms in total. The number of pyridine rings is 1. The van der Waals surface area contributed by atoms with Gasteiger partial charge in [0.05, 0.1) is 7.11 Å². The summed E-state index contributed by atoms with van der Waals surface area (Å²) in [6.07, 6.45) is 5.09. The van der Waals surface area contributed by atoms with Crippen LogP contribution in [0, 0.1) is 0 Å². The summed E-state index contributed by atoms with van der Waals surface area (Å²) in [5.74, 6) is 0.725. The van der Waals surface area contributed by atoms with Gasteiger partial charge in [-0.05, 0) is 37.4 Å². The van der Waals surface area contributed by atoms with Crippen molar-refractivity contribution in [2.45, 2.75) is 32.2 Å². The fourth-order valence-corrected chi connectivity index (χ4v) is 2.61. The van der Waals surface area contributed by atoms with E-state index in [4.69, 9.17) is 4.74 Å². The molecule has 1 aromatic carbocycles. The van der Waals surface area contributed by atoms with Gasteiger partial charge in [0.1, 0.15) is 0 Å². The van der Waals surface area contributed by atoms with Gasteiger partial charge < -0.3 is 10.1 Å². The minimum Gasteiger partial charge on any atom is -0.481 e. The monoisotopic (exact) mass is 284 g/mol. The topological polar surface area (TPSA) is 34.2 Å². The zero-order chi connectivity index (χ0) is 14.9. The zero-order valence-corrected chi connectivity index (χ0v) is 12.9. The summed E-state index contributed by atoms with van der Waals surface area (Å²) in [5, 5.41) is 3.54. The smallest absolute Gasteiger partial charge is 0.217 e. The lowest BCUT2D eigenvalue weighted by atomic mass is 9.99. The third kappa shape index (κ3) is 4.57. The van der Waals surface area contributed by atoms with Crippen LogP contribution in [0.15, 0.2) is 48.7 Å². The van der Waals surface area contributed by atoms with Crippen LogP contribution in [0.5, 0.6) is 5.88 Å². The molecule has 1 heterocycles. The summed E-state index contributed by atoms with van der Waals surface area (Å²) in [6, 6.07) is 15.0. The third-order valence-electron chi connectivity index (χ3n) is 3.62. The molecule has 0 aliphatic rings. The Bertz CT molecular complexity index is 528. The van der Waals surface area contributed by atoms with E-state index in [1.807, 2.05) is 6.07 Å². The highest BCUT2D eigenvalue weighted by Gasteiger charge is 2.15. The van der Waals surface area contributed by atoms with Gasteiger partial charge in [-0.1, -0.05) is 43.3 Å². The molecule has 3 heteroatoms. The lowest BCUT2D eigenvalue weighted by molar-refractivity contribution is 0.378. The van der Waals surface area contributed by atoms with Crippen molar-refractivity contribution in [3.63, 3.8) is 0 Å². The van der Waals surface area contributed by atoms with E-state index in [1.54, 1.807) is 13.3 Å². The highest BCUT2D eigenvalue weighted by atomic mass is 16.5. The lowest BCUT2D eigenvalue weighted by Gasteiger charge is -2.20. The van der Waals surface area contributed by atoms with Gasteiger partial charge in [-0.2, -0.15) is 0 Å². The fraction of sp³-hybridized carbons (Fsp3) is 0.389. The Labute approximate surface area is 127 Å². The van der Waals surface area contributed by atoms with Gasteiger partial charge in [-0.25, -0.2) is 4.98 Å². The number of hydrogen-bond acceptors (Lipinski definition) is 3. The van der Waals surface area contributed by atoms with Crippen molar-refractivity contribution in [3.8, 4) is 5.88 Å². The van der Waals surface area contributed by atoms with Crippen LogP contribution in [0.2, 0.25) is 0 Å². The van der Waals surface area contributed by atoms with Crippen LogP contribution < -0.4 is 10.1 Å². The summed E-state index contributed by atoms with van der Waals surface area (Å²) in [5.41, 5.74) is 2.54. The van der Waals surface area contributed by atoms with E-state index in [0.29, 0.717) is 6.04 Å². The Kier molecular flexibility index (Phi) is 6.22. The number of rotatable bonds is 8. The van der Waals surface area contributed by atoms with Crippen molar-refractivity contribution in [2.24, 2.45) is 0 Å². The summed E-state index contributed by atoms with van der Waals surface area (Å²) in [6.45, 7) is 3.07. The minimum atomic E-state index is 0.294. The van der Waals surface area contributed by atoms with Crippen LogP contribution in [0.4, 0.5) is 0 Å². The van der Waals surface area contributed by atoms with E-state index in [2.05, 4.69) is 53.6 Å². The number of aromatic nitrogens is 1. The Balaban J connectivity index is 1.99. The molecule has 2 rings (SSSR count). The maximum absolute atomic E-state index is 5.39. The van der Waals surface area contributed by atoms with E-state index in [0.717, 1.165) is 37.3 Å². The second kappa shape index (κ2) is 8.42. The first-order valence-corrected chi connectivity index (χ1v) is 7.61. The molecule has 1 N–H and O–H groups in total. The number of nitrogens with one attached hydrogen (secondary N) is 1. The maximum atomic E-state index is 5.39. The summed E-state index contributed by atoms with van der Waals surface area (Å²) in [4.78, 5) is 4.30. The van der Waals surface area contributed by atoms with E-state index in [-0.39, 0.29) is 0 Å². The van der Waals surface area contributed by atoms with Crippen LogP contribution in [0.3, 0.4) is 0 Å². The minimum absolute atomic E-state index is 0.294. The lowest BCUT2D eigenvalue weighted by Crippen LogP contribution is -2.22. The quantitative estimate of drug-likeness (QED) is 0.801. The molecule has 1 atom stereocenters. The van der Waals surface area contributed by atoms with Gasteiger partial charge >= 0.3 is 0 Å². The molecular weight excluding hydrogens is 260 g/mol. The van der Waals surface area contributed by atoms with Crippen LogP contribution in [-0.4, -0.2) is 18.6 Å². The molecule has 2 aromatic rings. The summed E-state index contributed by atoms with van der Waals surface area (Å²) >= 11 is 0. The maximum Gasteiger partial charge on any atom is 0.217 e. The van der Waals surface area contributed by atoms with Crippen molar-refractivity contribution in [1.82, 2.24) is 10.3 Å². The van der Waals surface area contributed by atoms with E-state index >= 15 is 0 Å². The Hall–Kier alpha value is -1.87. The number of hydrogen-bond donors (Lipinski definition) is 1. The Morgan fingerprint density at radius 2 is 1.95 bits per heavy atom. The number of nitrogens with zero attached hydrogens (tertiary/aromatic N) is 1. The van der Waals surface area contributed by atoms with Crippen molar-refractivity contribution in [3.05, 3.63) is 59.8 Å². The Morgan fingerprint density at radius 1 is 1.14 bits per heavy atom. The van der Waals surface area contributed by atoms with Gasteiger partial charge in [-0.15, -0.1) is 0 Å². The van der Waals surface area contributed by atoms with Crippen LogP contribution >= 0.6 is 0 Å². The van der Waals surface area contributed by atoms with Crippen LogP contribution in [0.1, 0.15) is 36.9 Å². The molecule has 112 valence electrons. The van der Waals surface area contributed by atoms with Gasteiger partial charge in [0.2, 0.25) is 5.88 Å². The van der Waals surface area contributed by atoms with Gasteiger partial charge in [0.25, 0.3) is 0 Å². The van der Waals surface area contributed by atoms with Crippen molar-refractivity contribution >= 4 is 0 Å². The molecule has 0 bridgehead atoms. The van der Waals surface area contributed by atoms with E-state index in [9.17, 15) is 0 Å². The SMILES string of the molecule is CCNC(CCCc1ccccc1)c1cccnc1OC. The first-order valence-electron chi connectivity index (χ1n) is 7.61. The standard InChI is InChI=1S/C18H24N2O/c1-3-19-17(16-12-8-14-20-18(16)21-2)13-7-11-15-9-5-4-6-10-15/h4-6,8-10,12,14,17,19H,3,7,11,13H2,1-2H3. The molecule has 21 heavy (non-hydrogen) atoms. The zero-order valence-electron chi connectivity index (χ0n) is 12.9. The van der Waals surface area contributed by atoms with Crippen LogP contribution in [-0.2, 0) is 6.42 Å². The first kappa shape index (κ1) is 15.5. The predicted octanol–water partition coefficient (Wildman–Crippen LogP) is 3.76. The molecule has 0 radical (unpaired) electrons. The molecule has 1 aromatic heterocycles. The number of ether oxygens (including phenoxy) is 1. The van der Waals surface area contributed by atoms with Gasteiger partial charge in [-0.3, -0.25) is 0 Å². The molecule has 0 saturated heterocycles. The average molecular weight is 284 g/mol. The predicted molar refractivity (Wildman–Crippen MR) is 86.6 cm³/mol. The molecule has 0 saturated carbocycles. The van der Waals surface area contributed by atoms with Crippen molar-refractivity contribution < 1.29 is 4.74 Å². The second-order valence-electron chi connectivity index (χ2n) is 5.09. The molecule has 0 aliphatic carbocycles. The molecular formula is C18H24N2O. The highest BCUT2D eigenvalue weighted by molar-refractivity contribution is 5.29. The second-order valence-corrected chi connectivity index (χ2v) is 5.09. The largest absolute Gasteiger partial charge is 0.481 e. The third-order valence-corrected chi connectivity index (χ3v) is 3.62. The number of benzene rings is 1. The van der Waals surface area contributed by atoms with Gasteiger partial charge in [0, 0.05) is 17.8 Å². The number of aryl methyl sites for hydroxylation is 1. The number of methoxy groups -OCH3 is 1. The summed E-state index contributed by atoms with van der Waals surface area (Å²) < 4.78 is 5.39. The Morgan fingerprint density at radius 3 is 2.67 bits per heavy atom.